The highest BCUT2D eigenvalue weighted by Crippen LogP contribution is 2.24. The molecule has 136 valence electrons. The Kier molecular flexibility index (Phi) is 8.83. The van der Waals surface area contributed by atoms with Crippen LogP contribution < -0.4 is 5.32 Å². The summed E-state index contributed by atoms with van der Waals surface area (Å²) in [6.07, 6.45) is 4.62. The molecule has 0 spiro atoms. The monoisotopic (exact) mass is 385 g/mol. The molecule has 2 aromatic rings. The molecule has 1 atom stereocenters. The summed E-state index contributed by atoms with van der Waals surface area (Å²) in [5.41, 5.74) is 1.94. The molecule has 1 aliphatic heterocycles. The third-order valence-corrected chi connectivity index (χ3v) is 4.17. The van der Waals surface area contributed by atoms with Gasteiger partial charge in [-0.1, -0.05) is 12.1 Å². The minimum atomic E-state index is -0.266. The van der Waals surface area contributed by atoms with Crippen molar-refractivity contribution in [3.63, 3.8) is 0 Å². The van der Waals surface area contributed by atoms with Crippen molar-refractivity contribution in [3.05, 3.63) is 65.7 Å². The van der Waals surface area contributed by atoms with Gasteiger partial charge in [-0.15, -0.1) is 24.8 Å². The minimum Gasteiger partial charge on any atom is -0.333 e. The Morgan fingerprint density at radius 2 is 2.00 bits per heavy atom. The molecule has 1 aliphatic rings. The average Bonchev–Trinajstić information content (AvgIpc) is 2.60. The van der Waals surface area contributed by atoms with Crippen LogP contribution >= 0.6 is 24.8 Å². The van der Waals surface area contributed by atoms with Gasteiger partial charge in [-0.3, -0.25) is 9.78 Å². The lowest BCUT2D eigenvalue weighted by Crippen LogP contribution is -2.48. The van der Waals surface area contributed by atoms with Gasteiger partial charge in [0.05, 0.1) is 6.04 Å². The molecule has 1 N–H and O–H groups in total. The van der Waals surface area contributed by atoms with E-state index in [-0.39, 0.29) is 42.6 Å². The van der Waals surface area contributed by atoms with E-state index in [2.05, 4.69) is 10.3 Å². The third kappa shape index (κ3) is 5.66. The second kappa shape index (κ2) is 10.3. The van der Waals surface area contributed by atoms with Crippen LogP contribution in [0.1, 0.15) is 23.6 Å². The Hall–Kier alpha value is -1.69. The highest BCUT2D eigenvalue weighted by Gasteiger charge is 2.27. The highest BCUT2D eigenvalue weighted by atomic mass is 35.5. The number of carbonyl (C=O) groups is 1. The molecule has 4 nitrogen and oxygen atoms in total. The van der Waals surface area contributed by atoms with E-state index in [0.717, 1.165) is 17.7 Å². The number of nitrogens with one attached hydrogen (secondary N) is 1. The fourth-order valence-corrected chi connectivity index (χ4v) is 2.96. The summed E-state index contributed by atoms with van der Waals surface area (Å²) in [6, 6.07) is 10.3. The molecule has 0 bridgehead atoms. The van der Waals surface area contributed by atoms with Gasteiger partial charge in [-0.25, -0.2) is 4.39 Å². The quantitative estimate of drug-likeness (QED) is 0.878. The van der Waals surface area contributed by atoms with Crippen molar-refractivity contribution in [2.45, 2.75) is 18.9 Å². The van der Waals surface area contributed by atoms with Crippen LogP contribution in [0.5, 0.6) is 0 Å². The number of hydrogen-bond acceptors (Lipinski definition) is 3. The molecule has 7 heteroatoms. The Labute approximate surface area is 159 Å². The third-order valence-electron chi connectivity index (χ3n) is 4.17. The Balaban J connectivity index is 0.00000156. The van der Waals surface area contributed by atoms with Gasteiger partial charge < -0.3 is 10.2 Å². The van der Waals surface area contributed by atoms with E-state index >= 15 is 0 Å². The summed E-state index contributed by atoms with van der Waals surface area (Å²) < 4.78 is 13.5. The lowest BCUT2D eigenvalue weighted by Gasteiger charge is -2.36. The molecular formula is C18H22Cl2FN3O. The minimum absolute atomic E-state index is 0. The van der Waals surface area contributed by atoms with Gasteiger partial charge in [0.2, 0.25) is 5.91 Å². The topological polar surface area (TPSA) is 45.2 Å². The van der Waals surface area contributed by atoms with Crippen LogP contribution in [0.4, 0.5) is 4.39 Å². The fraction of sp³-hybridized carbons (Fsp3) is 0.333. The molecular weight excluding hydrogens is 364 g/mol. The van der Waals surface area contributed by atoms with E-state index in [0.29, 0.717) is 25.9 Å². The number of aryl methyl sites for hydroxylation is 1. The first-order valence-electron chi connectivity index (χ1n) is 7.88. The predicted molar refractivity (Wildman–Crippen MR) is 101 cm³/mol. The van der Waals surface area contributed by atoms with Crippen LogP contribution in [-0.2, 0) is 11.2 Å². The van der Waals surface area contributed by atoms with Gasteiger partial charge in [-0.05, 0) is 41.8 Å². The number of aromatic nitrogens is 1. The van der Waals surface area contributed by atoms with E-state index in [1.165, 1.54) is 12.1 Å². The number of pyridine rings is 1. The van der Waals surface area contributed by atoms with Crippen LogP contribution in [0, 0.1) is 5.82 Å². The predicted octanol–water partition coefficient (Wildman–Crippen LogP) is 3.17. The van der Waals surface area contributed by atoms with Crippen LogP contribution in [0.25, 0.3) is 0 Å². The van der Waals surface area contributed by atoms with Crippen molar-refractivity contribution in [1.29, 1.82) is 0 Å². The van der Waals surface area contributed by atoms with Gasteiger partial charge in [0.25, 0.3) is 0 Å². The van der Waals surface area contributed by atoms with E-state index < -0.39 is 0 Å². The van der Waals surface area contributed by atoms with Crippen LogP contribution in [0.2, 0.25) is 0 Å². The molecule has 1 fully saturated rings. The molecule has 0 radical (unpaired) electrons. The summed E-state index contributed by atoms with van der Waals surface area (Å²) in [5.74, 6) is -0.158. The Bertz CT molecular complexity index is 672. The first kappa shape index (κ1) is 21.4. The SMILES string of the molecule is Cl.Cl.O=C(CCc1ccncc1)N1CCNCC1c1cccc(F)c1. The largest absolute Gasteiger partial charge is 0.333 e. The standard InChI is InChI=1S/C18H20FN3O.2ClH/c19-16-3-1-2-15(12-16)17-13-21-10-11-22(17)18(23)5-4-14-6-8-20-9-7-14;;/h1-3,6-9,12,17,21H,4-5,10-11,13H2;2*1H. The van der Waals surface area contributed by atoms with Crippen LogP contribution in [-0.4, -0.2) is 35.4 Å². The van der Waals surface area contributed by atoms with Crippen molar-refractivity contribution in [3.8, 4) is 0 Å². The number of benzene rings is 1. The Morgan fingerprint density at radius 3 is 2.72 bits per heavy atom. The average molecular weight is 386 g/mol. The van der Waals surface area contributed by atoms with Gasteiger partial charge in [0, 0.05) is 38.4 Å². The lowest BCUT2D eigenvalue weighted by molar-refractivity contribution is -0.134. The maximum absolute atomic E-state index is 13.5. The molecule has 1 saturated heterocycles. The maximum Gasteiger partial charge on any atom is 0.223 e. The molecule has 0 aliphatic carbocycles. The highest BCUT2D eigenvalue weighted by molar-refractivity contribution is 5.85. The summed E-state index contributed by atoms with van der Waals surface area (Å²) in [5, 5.41) is 3.29. The summed E-state index contributed by atoms with van der Waals surface area (Å²) in [6.45, 7) is 2.08. The van der Waals surface area contributed by atoms with Gasteiger partial charge in [0.15, 0.2) is 0 Å². The number of halogens is 3. The smallest absolute Gasteiger partial charge is 0.223 e. The number of amides is 1. The Morgan fingerprint density at radius 1 is 1.24 bits per heavy atom. The van der Waals surface area contributed by atoms with Crippen molar-refractivity contribution in [1.82, 2.24) is 15.2 Å². The zero-order valence-electron chi connectivity index (χ0n) is 13.7. The van der Waals surface area contributed by atoms with E-state index in [1.54, 1.807) is 18.5 Å². The second-order valence-corrected chi connectivity index (χ2v) is 5.72. The van der Waals surface area contributed by atoms with Crippen molar-refractivity contribution in [2.24, 2.45) is 0 Å². The molecule has 2 heterocycles. The summed E-state index contributed by atoms with van der Waals surface area (Å²) >= 11 is 0. The van der Waals surface area contributed by atoms with Gasteiger partial charge >= 0.3 is 0 Å². The molecule has 1 aromatic carbocycles. The zero-order valence-corrected chi connectivity index (χ0v) is 15.4. The summed E-state index contributed by atoms with van der Waals surface area (Å²) in [7, 11) is 0. The fourth-order valence-electron chi connectivity index (χ4n) is 2.96. The van der Waals surface area contributed by atoms with Crippen molar-refractivity contribution >= 4 is 30.7 Å². The molecule has 0 saturated carbocycles. The number of nitrogens with zero attached hydrogens (tertiary/aromatic N) is 2. The van der Waals surface area contributed by atoms with Gasteiger partial charge in [-0.2, -0.15) is 0 Å². The molecule has 1 unspecified atom stereocenters. The normalized spacial score (nSPS) is 16.5. The van der Waals surface area contributed by atoms with Crippen LogP contribution in [0.3, 0.4) is 0 Å². The number of piperazine rings is 1. The number of rotatable bonds is 4. The van der Waals surface area contributed by atoms with E-state index in [4.69, 9.17) is 0 Å². The second-order valence-electron chi connectivity index (χ2n) is 5.72. The van der Waals surface area contributed by atoms with E-state index in [9.17, 15) is 9.18 Å². The van der Waals surface area contributed by atoms with Gasteiger partial charge in [0.1, 0.15) is 5.82 Å². The maximum atomic E-state index is 13.5. The molecule has 1 aromatic heterocycles. The first-order chi connectivity index (χ1) is 11.2. The first-order valence-corrected chi connectivity index (χ1v) is 7.88. The number of hydrogen-bond donors (Lipinski definition) is 1. The van der Waals surface area contributed by atoms with E-state index in [1.807, 2.05) is 23.1 Å². The lowest BCUT2D eigenvalue weighted by atomic mass is 10.0. The van der Waals surface area contributed by atoms with Crippen LogP contribution in [0.15, 0.2) is 48.8 Å². The summed E-state index contributed by atoms with van der Waals surface area (Å²) in [4.78, 5) is 18.5. The number of carbonyl (C=O) groups excluding carboxylic acids is 1. The zero-order chi connectivity index (χ0) is 16.1. The van der Waals surface area contributed by atoms with Crippen molar-refractivity contribution in [2.75, 3.05) is 19.6 Å². The molecule has 3 rings (SSSR count). The molecule has 1 amide bonds. The molecule has 25 heavy (non-hydrogen) atoms. The van der Waals surface area contributed by atoms with Crippen molar-refractivity contribution < 1.29 is 9.18 Å².